The van der Waals surface area contributed by atoms with Gasteiger partial charge in [-0.1, -0.05) is 13.8 Å². The zero-order chi connectivity index (χ0) is 46.0. The molecule has 0 fully saturated rings. The highest BCUT2D eigenvalue weighted by atomic mass is 19.1. The zero-order valence-corrected chi connectivity index (χ0v) is 36.8. The lowest BCUT2D eigenvalue weighted by Crippen LogP contribution is -2.33. The van der Waals surface area contributed by atoms with Gasteiger partial charge >= 0.3 is 11.9 Å². The number of carbonyl (C=O) groups excluding carboxylic acids is 2. The molecule has 0 amide bonds. The van der Waals surface area contributed by atoms with Crippen LogP contribution in [0.4, 0.5) is 8.78 Å². The van der Waals surface area contributed by atoms with Gasteiger partial charge in [-0.2, -0.15) is 20.2 Å². The van der Waals surface area contributed by atoms with E-state index in [-0.39, 0.29) is 48.4 Å². The highest BCUT2D eigenvalue weighted by molar-refractivity contribution is 5.84. The summed E-state index contributed by atoms with van der Waals surface area (Å²) in [5.74, 6) is -0.370. The Bertz CT molecular complexity index is 2790. The summed E-state index contributed by atoms with van der Waals surface area (Å²) in [7, 11) is 0. The Balaban J connectivity index is 0.000000191. The molecule has 17 nitrogen and oxygen atoms in total. The Kier molecular flexibility index (Phi) is 13.0. The van der Waals surface area contributed by atoms with Crippen molar-refractivity contribution in [3.63, 3.8) is 0 Å². The number of carbonyl (C=O) groups is 2. The Hall–Kier alpha value is -7.28. The maximum Gasteiger partial charge on any atom is 0.323 e. The first kappa shape index (κ1) is 44.8. The highest BCUT2D eigenvalue weighted by Gasteiger charge is 2.22. The van der Waals surface area contributed by atoms with E-state index in [1.807, 2.05) is 27.7 Å². The van der Waals surface area contributed by atoms with Crippen molar-refractivity contribution in [3.8, 4) is 34.8 Å². The highest BCUT2D eigenvalue weighted by Crippen LogP contribution is 2.36. The smallest absolute Gasteiger partial charge is 0.323 e. The first-order chi connectivity index (χ1) is 30.5. The van der Waals surface area contributed by atoms with Gasteiger partial charge in [0, 0.05) is 44.3 Å². The number of nitrogens with two attached hydrogens (primary N) is 1. The monoisotopic (exact) mass is 881 g/mol. The summed E-state index contributed by atoms with van der Waals surface area (Å²) in [6, 6.07) is 9.38. The van der Waals surface area contributed by atoms with Crippen LogP contribution in [-0.2, 0) is 19.1 Å². The van der Waals surface area contributed by atoms with E-state index >= 15 is 0 Å². The molecule has 6 aromatic heterocycles. The molecular formula is C45H49F2N9O8. The van der Waals surface area contributed by atoms with Crippen molar-refractivity contribution in [2.75, 3.05) is 13.2 Å². The largest absolute Gasteiger partial charge is 0.488 e. The van der Waals surface area contributed by atoms with Gasteiger partial charge in [0.1, 0.15) is 66.7 Å². The lowest BCUT2D eigenvalue weighted by atomic mass is 10.2. The number of fused-ring (bicyclic) bond motifs is 4. The number of nitrogens with one attached hydrogen (secondary N) is 2. The standard InChI is InChI=1S/C23H25FN4O4.C22H24FN5O4/c1-12(2)23(29)31-14(4)10-30-19-9-28-21(15(19)5)22(25-11-26-28)32-18-7-6-17-16(20(18)24)8-13(3)27-17;1-11-7-15-16(27-11)5-6-17(19(15)23)32-21-20-13(3)18(8-28(20)26-10-25-21)30-9-12(2)31-22(29)14(4)24/h6-9,11-12,14,27H,10H2,1-5H3;5-8,10,12,14,27H,9,24H2,1-4H3/t14-;12-,14+/m11/s1. The molecule has 0 aliphatic heterocycles. The minimum atomic E-state index is -0.707. The van der Waals surface area contributed by atoms with Crippen LogP contribution >= 0.6 is 0 Å². The summed E-state index contributed by atoms with van der Waals surface area (Å²) in [5, 5.41) is 9.28. The topological polar surface area (TPSA) is 208 Å². The summed E-state index contributed by atoms with van der Waals surface area (Å²) in [6.07, 6.45) is 5.08. The van der Waals surface area contributed by atoms with Gasteiger partial charge in [0.25, 0.3) is 0 Å². The summed E-state index contributed by atoms with van der Waals surface area (Å²) >= 11 is 0. The lowest BCUT2D eigenvalue weighted by molar-refractivity contribution is -0.153. The number of aromatic amines is 2. The molecule has 8 rings (SSSR count). The number of aryl methyl sites for hydroxylation is 4. The molecule has 0 saturated heterocycles. The summed E-state index contributed by atoms with van der Waals surface area (Å²) in [6.45, 7) is 16.3. The Morgan fingerprint density at radius 3 is 1.48 bits per heavy atom. The molecule has 0 radical (unpaired) electrons. The predicted octanol–water partition coefficient (Wildman–Crippen LogP) is 8.14. The fourth-order valence-corrected chi connectivity index (χ4v) is 6.72. The van der Waals surface area contributed by atoms with E-state index in [0.29, 0.717) is 49.9 Å². The van der Waals surface area contributed by atoms with Crippen molar-refractivity contribution in [3.05, 3.63) is 95.6 Å². The molecule has 0 aliphatic carbocycles. The molecule has 336 valence electrons. The molecule has 6 heterocycles. The van der Waals surface area contributed by atoms with E-state index < -0.39 is 35.9 Å². The van der Waals surface area contributed by atoms with E-state index in [0.717, 1.165) is 17.0 Å². The van der Waals surface area contributed by atoms with E-state index in [1.54, 1.807) is 92.4 Å². The van der Waals surface area contributed by atoms with Crippen LogP contribution in [0.2, 0.25) is 0 Å². The third-order valence-corrected chi connectivity index (χ3v) is 10.0. The molecule has 4 N–H and O–H groups in total. The second kappa shape index (κ2) is 18.6. The van der Waals surface area contributed by atoms with Crippen molar-refractivity contribution in [2.45, 2.75) is 80.6 Å². The van der Waals surface area contributed by atoms with Gasteiger partial charge in [0.2, 0.25) is 11.8 Å². The van der Waals surface area contributed by atoms with Crippen molar-refractivity contribution >= 4 is 44.8 Å². The zero-order valence-electron chi connectivity index (χ0n) is 36.8. The Labute approximate surface area is 365 Å². The fraction of sp³-hybridized carbons (Fsp3) is 0.333. The number of benzene rings is 2. The normalized spacial score (nSPS) is 12.9. The van der Waals surface area contributed by atoms with E-state index in [1.165, 1.54) is 12.7 Å². The molecule has 0 saturated carbocycles. The number of hydrogen-bond donors (Lipinski definition) is 3. The van der Waals surface area contributed by atoms with Crippen LogP contribution in [0.15, 0.2) is 61.4 Å². The Morgan fingerprint density at radius 2 is 1.08 bits per heavy atom. The van der Waals surface area contributed by atoms with Crippen LogP contribution in [0.3, 0.4) is 0 Å². The van der Waals surface area contributed by atoms with Gasteiger partial charge in [-0.15, -0.1) is 0 Å². The molecule has 19 heteroatoms. The first-order valence-corrected chi connectivity index (χ1v) is 20.5. The number of nitrogens with zero attached hydrogens (tertiary/aromatic N) is 6. The summed E-state index contributed by atoms with van der Waals surface area (Å²) in [4.78, 5) is 38.0. The maximum absolute atomic E-state index is 15.0. The number of rotatable bonds is 14. The number of halogens is 2. The van der Waals surface area contributed by atoms with Crippen molar-refractivity contribution < 1.29 is 46.8 Å². The molecule has 0 unspecified atom stereocenters. The van der Waals surface area contributed by atoms with Gasteiger partial charge in [-0.25, -0.2) is 17.8 Å². The van der Waals surface area contributed by atoms with Crippen LogP contribution < -0.4 is 24.7 Å². The van der Waals surface area contributed by atoms with Crippen molar-refractivity contribution in [1.82, 2.24) is 39.2 Å². The minimum absolute atomic E-state index is 0.0524. The molecule has 0 aliphatic rings. The SMILES string of the molecule is Cc1cc2c(F)c(Oc3ncnn4cc(OC[C@@H](C)OC(=O)C(C)C)c(C)c34)ccc2[nH]1.Cc1cc2c(F)c(Oc3ncnn4cc(OC[C@@H](C)OC(=O)[C@H](C)N)c(C)c34)ccc2[nH]1. The van der Waals surface area contributed by atoms with Crippen LogP contribution in [0.25, 0.3) is 32.8 Å². The lowest BCUT2D eigenvalue weighted by Gasteiger charge is -2.15. The fourth-order valence-electron chi connectivity index (χ4n) is 6.72. The summed E-state index contributed by atoms with van der Waals surface area (Å²) < 4.78 is 67.0. The van der Waals surface area contributed by atoms with Crippen LogP contribution in [-0.4, -0.2) is 82.6 Å². The molecule has 64 heavy (non-hydrogen) atoms. The van der Waals surface area contributed by atoms with E-state index in [2.05, 4.69) is 30.1 Å². The number of hydrogen-bond acceptors (Lipinski definition) is 13. The summed E-state index contributed by atoms with van der Waals surface area (Å²) in [5.41, 5.74) is 11.1. The third kappa shape index (κ3) is 9.53. The molecule has 3 atom stereocenters. The predicted molar refractivity (Wildman–Crippen MR) is 232 cm³/mol. The third-order valence-electron chi connectivity index (χ3n) is 10.0. The van der Waals surface area contributed by atoms with Gasteiger partial charge in [-0.3, -0.25) is 9.59 Å². The molecular weight excluding hydrogens is 833 g/mol. The first-order valence-electron chi connectivity index (χ1n) is 20.5. The van der Waals surface area contributed by atoms with Crippen LogP contribution in [0.5, 0.6) is 34.8 Å². The average Bonchev–Trinajstić information content (AvgIpc) is 4.01. The molecule has 8 aromatic rings. The molecule has 0 spiro atoms. The number of ether oxygens (including phenoxy) is 6. The molecule has 0 bridgehead atoms. The van der Waals surface area contributed by atoms with Crippen LogP contribution in [0.1, 0.15) is 57.1 Å². The van der Waals surface area contributed by atoms with Crippen LogP contribution in [0, 0.1) is 45.2 Å². The van der Waals surface area contributed by atoms with Crippen molar-refractivity contribution in [1.29, 1.82) is 0 Å². The van der Waals surface area contributed by atoms with E-state index in [9.17, 15) is 18.4 Å². The number of H-pyrrole nitrogens is 2. The second-order valence-corrected chi connectivity index (χ2v) is 15.8. The number of aromatic nitrogens is 8. The quantitative estimate of drug-likeness (QED) is 0.0883. The van der Waals surface area contributed by atoms with Crippen molar-refractivity contribution in [2.24, 2.45) is 11.7 Å². The van der Waals surface area contributed by atoms with E-state index in [4.69, 9.17) is 34.2 Å². The Morgan fingerprint density at radius 1 is 0.656 bits per heavy atom. The van der Waals surface area contributed by atoms with Gasteiger partial charge < -0.3 is 44.1 Å². The number of esters is 2. The second-order valence-electron chi connectivity index (χ2n) is 15.8. The minimum Gasteiger partial charge on any atom is -0.488 e. The maximum atomic E-state index is 15.0. The average molecular weight is 882 g/mol. The van der Waals surface area contributed by atoms with Gasteiger partial charge in [-0.05, 0) is 84.9 Å². The molecule has 2 aromatic carbocycles. The van der Waals surface area contributed by atoms with Gasteiger partial charge in [0.05, 0.1) is 18.3 Å². The van der Waals surface area contributed by atoms with Gasteiger partial charge in [0.15, 0.2) is 23.1 Å².